The molecule has 0 radical (unpaired) electrons. The van der Waals surface area contributed by atoms with E-state index in [1.165, 1.54) is 37.7 Å². The Morgan fingerprint density at radius 1 is 1.07 bits per heavy atom. The molecule has 1 saturated heterocycles. The number of hydrogen-bond donors (Lipinski definition) is 2. The lowest BCUT2D eigenvalue weighted by Crippen LogP contribution is -2.53. The number of carbonyl (C=O) groups excluding carboxylic acids is 1. The molecule has 166 valence electrons. The lowest BCUT2D eigenvalue weighted by molar-refractivity contribution is -0.127. The molecule has 2 unspecified atom stereocenters. The first-order valence-corrected chi connectivity index (χ1v) is 11.6. The van der Waals surface area contributed by atoms with E-state index >= 15 is 0 Å². The minimum atomic E-state index is 0.0331. The predicted molar refractivity (Wildman–Crippen MR) is 123 cm³/mol. The molecule has 3 rings (SSSR count). The Bertz CT molecular complexity index is 684. The number of rotatable bonds is 6. The molecule has 1 aliphatic heterocycles. The summed E-state index contributed by atoms with van der Waals surface area (Å²) < 4.78 is 0. The van der Waals surface area contributed by atoms with E-state index in [1.54, 1.807) is 19.0 Å². The quantitative estimate of drug-likeness (QED) is 0.556. The topological polar surface area (TPSA) is 60.0 Å². The van der Waals surface area contributed by atoms with Crippen molar-refractivity contribution in [2.75, 3.05) is 27.2 Å². The Balaban J connectivity index is 1.56. The van der Waals surface area contributed by atoms with Crippen molar-refractivity contribution in [3.8, 4) is 0 Å². The van der Waals surface area contributed by atoms with Crippen LogP contribution in [0.5, 0.6) is 0 Å². The fourth-order valence-electron chi connectivity index (χ4n) is 4.46. The maximum atomic E-state index is 12.1. The normalized spacial score (nSPS) is 23.8. The van der Waals surface area contributed by atoms with Crippen molar-refractivity contribution in [1.29, 1.82) is 0 Å². The lowest BCUT2D eigenvalue weighted by Gasteiger charge is -2.39. The van der Waals surface area contributed by atoms with Gasteiger partial charge >= 0.3 is 0 Å². The van der Waals surface area contributed by atoms with Gasteiger partial charge in [-0.3, -0.25) is 9.69 Å². The number of benzene rings is 1. The highest BCUT2D eigenvalue weighted by molar-refractivity contribution is 5.85. The van der Waals surface area contributed by atoms with Gasteiger partial charge in [-0.2, -0.15) is 0 Å². The van der Waals surface area contributed by atoms with Gasteiger partial charge in [-0.25, -0.2) is 4.99 Å². The Labute approximate surface area is 182 Å². The molecular weight excluding hydrogens is 374 g/mol. The van der Waals surface area contributed by atoms with Gasteiger partial charge in [-0.15, -0.1) is 0 Å². The molecule has 6 nitrogen and oxygen atoms in total. The fraction of sp³-hybridized carbons (Fsp3) is 0.667. The molecule has 2 fully saturated rings. The number of amides is 1. The standard InChI is InChI=1S/C24H39N5O/c1-19-16-22(14-15-29(19)18-20-10-6-4-7-11-20)27-24(25-17-23(30)28(2)3)26-21-12-8-5-9-13-21/h4,6-7,10-11,19,21-22H,5,8-9,12-18H2,1-3H3,(H2,25,26,27). The average Bonchev–Trinajstić information content (AvgIpc) is 2.75. The van der Waals surface area contributed by atoms with E-state index in [0.717, 1.165) is 31.9 Å². The van der Waals surface area contributed by atoms with Crippen molar-refractivity contribution < 1.29 is 4.79 Å². The molecular formula is C24H39N5O. The van der Waals surface area contributed by atoms with Crippen molar-refractivity contribution in [2.45, 2.75) is 76.5 Å². The largest absolute Gasteiger partial charge is 0.354 e. The smallest absolute Gasteiger partial charge is 0.243 e. The van der Waals surface area contributed by atoms with E-state index in [0.29, 0.717) is 18.1 Å². The van der Waals surface area contributed by atoms with E-state index in [9.17, 15) is 4.79 Å². The molecule has 1 heterocycles. The maximum Gasteiger partial charge on any atom is 0.243 e. The van der Waals surface area contributed by atoms with Gasteiger partial charge in [0, 0.05) is 45.3 Å². The van der Waals surface area contributed by atoms with Crippen LogP contribution in [0.4, 0.5) is 0 Å². The molecule has 0 bridgehead atoms. The monoisotopic (exact) mass is 413 g/mol. The first-order valence-electron chi connectivity index (χ1n) is 11.6. The molecule has 2 atom stereocenters. The SMILES string of the molecule is CC1CC(NC(=NCC(=O)N(C)C)NC2CCCCC2)CCN1Cc1ccccc1. The fourth-order valence-corrected chi connectivity index (χ4v) is 4.46. The van der Waals surface area contributed by atoms with E-state index in [2.05, 4.69) is 57.8 Å². The van der Waals surface area contributed by atoms with Crippen LogP contribution in [0.15, 0.2) is 35.3 Å². The van der Waals surface area contributed by atoms with Gasteiger partial charge in [0.25, 0.3) is 0 Å². The number of likely N-dealkylation sites (tertiary alicyclic amines) is 1. The zero-order valence-corrected chi connectivity index (χ0v) is 18.9. The molecule has 1 saturated carbocycles. The number of piperidine rings is 1. The minimum Gasteiger partial charge on any atom is -0.354 e. The van der Waals surface area contributed by atoms with Gasteiger partial charge in [0.1, 0.15) is 6.54 Å². The summed E-state index contributed by atoms with van der Waals surface area (Å²) in [7, 11) is 3.56. The Morgan fingerprint density at radius 3 is 2.43 bits per heavy atom. The zero-order chi connectivity index (χ0) is 21.3. The van der Waals surface area contributed by atoms with Crippen molar-refractivity contribution >= 4 is 11.9 Å². The molecule has 2 N–H and O–H groups in total. The molecule has 1 amide bonds. The number of nitrogens with zero attached hydrogens (tertiary/aromatic N) is 3. The third-order valence-corrected chi connectivity index (χ3v) is 6.40. The van der Waals surface area contributed by atoms with Crippen LogP contribution in [0.1, 0.15) is 57.4 Å². The number of hydrogen-bond acceptors (Lipinski definition) is 3. The van der Waals surface area contributed by atoms with Crippen LogP contribution < -0.4 is 10.6 Å². The molecule has 1 aromatic carbocycles. The summed E-state index contributed by atoms with van der Waals surface area (Å²) in [5.41, 5.74) is 1.37. The lowest BCUT2D eigenvalue weighted by atomic mass is 9.95. The van der Waals surface area contributed by atoms with Crippen molar-refractivity contribution in [3.05, 3.63) is 35.9 Å². The van der Waals surface area contributed by atoms with Gasteiger partial charge in [-0.05, 0) is 38.2 Å². The van der Waals surface area contributed by atoms with Crippen LogP contribution in [0, 0.1) is 0 Å². The van der Waals surface area contributed by atoms with Crippen LogP contribution in [-0.2, 0) is 11.3 Å². The van der Waals surface area contributed by atoms with Gasteiger partial charge in [-0.1, -0.05) is 49.6 Å². The van der Waals surface area contributed by atoms with Crippen LogP contribution >= 0.6 is 0 Å². The summed E-state index contributed by atoms with van der Waals surface area (Å²) in [6.45, 7) is 4.59. The summed E-state index contributed by atoms with van der Waals surface area (Å²) in [4.78, 5) is 20.9. The van der Waals surface area contributed by atoms with Crippen molar-refractivity contribution in [3.63, 3.8) is 0 Å². The third kappa shape index (κ3) is 7.01. The molecule has 30 heavy (non-hydrogen) atoms. The van der Waals surface area contributed by atoms with E-state index < -0.39 is 0 Å². The second-order valence-corrected chi connectivity index (χ2v) is 9.10. The molecule has 6 heteroatoms. The minimum absolute atomic E-state index is 0.0331. The predicted octanol–water partition coefficient (Wildman–Crippen LogP) is 3.00. The molecule has 0 spiro atoms. The average molecular weight is 414 g/mol. The van der Waals surface area contributed by atoms with Gasteiger partial charge in [0.05, 0.1) is 0 Å². The van der Waals surface area contributed by atoms with E-state index in [-0.39, 0.29) is 12.5 Å². The maximum absolute atomic E-state index is 12.1. The number of guanidine groups is 1. The Hall–Kier alpha value is -2.08. The van der Waals surface area contributed by atoms with Gasteiger partial charge in [0.2, 0.25) is 5.91 Å². The van der Waals surface area contributed by atoms with Crippen molar-refractivity contribution in [2.24, 2.45) is 4.99 Å². The second-order valence-electron chi connectivity index (χ2n) is 9.10. The Kier molecular flexibility index (Phi) is 8.55. The zero-order valence-electron chi connectivity index (χ0n) is 18.9. The number of nitrogens with one attached hydrogen (secondary N) is 2. The van der Waals surface area contributed by atoms with E-state index in [1.807, 2.05) is 0 Å². The van der Waals surface area contributed by atoms with Crippen LogP contribution in [0.3, 0.4) is 0 Å². The van der Waals surface area contributed by atoms with E-state index in [4.69, 9.17) is 0 Å². The second kappa shape index (κ2) is 11.3. The molecule has 1 aromatic rings. The summed E-state index contributed by atoms with van der Waals surface area (Å²) in [6.07, 6.45) is 8.42. The molecule has 1 aliphatic carbocycles. The highest BCUT2D eigenvalue weighted by Gasteiger charge is 2.26. The highest BCUT2D eigenvalue weighted by atomic mass is 16.2. The molecule has 0 aromatic heterocycles. The summed E-state index contributed by atoms with van der Waals surface area (Å²) in [6, 6.07) is 12.1. The van der Waals surface area contributed by atoms with Gasteiger partial charge in [0.15, 0.2) is 5.96 Å². The molecule has 2 aliphatic rings. The Morgan fingerprint density at radius 2 is 1.77 bits per heavy atom. The third-order valence-electron chi connectivity index (χ3n) is 6.40. The number of likely N-dealkylation sites (N-methyl/N-ethyl adjacent to an activating group) is 1. The number of aliphatic imine (C=N–C) groups is 1. The van der Waals surface area contributed by atoms with Crippen LogP contribution in [0.2, 0.25) is 0 Å². The summed E-state index contributed by atoms with van der Waals surface area (Å²) in [5.74, 6) is 0.844. The summed E-state index contributed by atoms with van der Waals surface area (Å²) >= 11 is 0. The highest BCUT2D eigenvalue weighted by Crippen LogP contribution is 2.21. The first-order chi connectivity index (χ1) is 14.5. The van der Waals surface area contributed by atoms with Crippen LogP contribution in [-0.4, -0.2) is 67.0 Å². The summed E-state index contributed by atoms with van der Waals surface area (Å²) in [5, 5.41) is 7.27. The van der Waals surface area contributed by atoms with Gasteiger partial charge < -0.3 is 15.5 Å². The van der Waals surface area contributed by atoms with Crippen molar-refractivity contribution in [1.82, 2.24) is 20.4 Å². The van der Waals surface area contributed by atoms with Crippen LogP contribution in [0.25, 0.3) is 0 Å². The first kappa shape index (κ1) is 22.6. The number of carbonyl (C=O) groups is 1.